The fourth-order valence-corrected chi connectivity index (χ4v) is 1.64. The molecule has 1 heterocycles. The molecule has 1 N–H and O–H groups in total. The van der Waals surface area contributed by atoms with E-state index in [0.717, 1.165) is 16.0 Å². The van der Waals surface area contributed by atoms with Gasteiger partial charge in [0.1, 0.15) is 0 Å². The summed E-state index contributed by atoms with van der Waals surface area (Å²) in [6.45, 7) is 5.66. The molecule has 2 rings (SSSR count). The Morgan fingerprint density at radius 1 is 1.06 bits per heavy atom. The zero-order chi connectivity index (χ0) is 11.9. The Hall–Kier alpha value is -1.97. The third-order valence-electron chi connectivity index (χ3n) is 2.78. The molecule has 0 aliphatic rings. The summed E-state index contributed by atoms with van der Waals surface area (Å²) in [6.07, 6.45) is 0. The topological polar surface area (TPSA) is 47.2 Å². The van der Waals surface area contributed by atoms with Gasteiger partial charge in [0.05, 0.1) is 11.4 Å². The molecule has 4 nitrogen and oxygen atoms in total. The molecule has 0 spiro atoms. The summed E-state index contributed by atoms with van der Waals surface area (Å²) in [4.78, 5) is 12.5. The maximum Gasteiger partial charge on any atom is 0.274 e. The molecule has 0 amide bonds. The summed E-state index contributed by atoms with van der Waals surface area (Å²) in [7, 11) is 0. The van der Waals surface area contributed by atoms with Gasteiger partial charge in [-0.2, -0.15) is 4.68 Å². The Morgan fingerprint density at radius 3 is 2.25 bits per heavy atom. The smallest absolute Gasteiger partial charge is 0.274 e. The number of nitrogens with zero attached hydrogens (tertiary/aromatic N) is 2. The van der Waals surface area contributed by atoms with Crippen molar-refractivity contribution in [3.63, 3.8) is 0 Å². The standard InChI is InChI=1S/C12H14N2O2/c1-8-4-5-11(6-9(8)2)13-12(15)7-10(3)14(13)16/h4-7,16H,1-3H3. The highest BCUT2D eigenvalue weighted by molar-refractivity contribution is 5.39. The van der Waals surface area contributed by atoms with Crippen LogP contribution in [0.3, 0.4) is 0 Å². The Kier molecular flexibility index (Phi) is 2.34. The van der Waals surface area contributed by atoms with Crippen LogP contribution >= 0.6 is 0 Å². The highest BCUT2D eigenvalue weighted by atomic mass is 16.5. The molecule has 0 fully saturated rings. The zero-order valence-electron chi connectivity index (χ0n) is 9.56. The molecule has 0 saturated carbocycles. The first kappa shape index (κ1) is 10.5. The number of rotatable bonds is 1. The van der Waals surface area contributed by atoms with Crippen molar-refractivity contribution in [2.45, 2.75) is 20.8 Å². The summed E-state index contributed by atoms with van der Waals surface area (Å²) in [6, 6.07) is 7.02. The molecular weight excluding hydrogens is 204 g/mol. The van der Waals surface area contributed by atoms with Crippen molar-refractivity contribution in [1.29, 1.82) is 0 Å². The lowest BCUT2D eigenvalue weighted by Crippen LogP contribution is -2.19. The van der Waals surface area contributed by atoms with E-state index in [-0.39, 0.29) is 5.56 Å². The lowest BCUT2D eigenvalue weighted by molar-refractivity contribution is 0.121. The van der Waals surface area contributed by atoms with Gasteiger partial charge in [-0.05, 0) is 44.0 Å². The predicted molar refractivity (Wildman–Crippen MR) is 61.4 cm³/mol. The molecule has 0 atom stereocenters. The minimum Gasteiger partial charge on any atom is -0.412 e. The fourth-order valence-electron chi connectivity index (χ4n) is 1.64. The van der Waals surface area contributed by atoms with Crippen LogP contribution in [0.5, 0.6) is 0 Å². The minimum atomic E-state index is -0.233. The Labute approximate surface area is 93.3 Å². The molecule has 1 aromatic heterocycles. The van der Waals surface area contributed by atoms with Crippen LogP contribution in [0.1, 0.15) is 16.8 Å². The molecule has 1 aromatic carbocycles. The van der Waals surface area contributed by atoms with Crippen molar-refractivity contribution in [1.82, 2.24) is 9.53 Å². The summed E-state index contributed by atoms with van der Waals surface area (Å²) in [5, 5.41) is 9.71. The van der Waals surface area contributed by atoms with Gasteiger partial charge >= 0.3 is 0 Å². The lowest BCUT2D eigenvalue weighted by Gasteiger charge is -2.08. The molecule has 0 bridgehead atoms. The van der Waals surface area contributed by atoms with Crippen LogP contribution in [0.4, 0.5) is 0 Å². The van der Waals surface area contributed by atoms with Gasteiger partial charge in [-0.3, -0.25) is 4.79 Å². The summed E-state index contributed by atoms with van der Waals surface area (Å²) < 4.78 is 1.24. The van der Waals surface area contributed by atoms with Crippen LogP contribution in [0.2, 0.25) is 0 Å². The number of hydrogen-bond acceptors (Lipinski definition) is 2. The van der Waals surface area contributed by atoms with E-state index in [2.05, 4.69) is 0 Å². The second kappa shape index (κ2) is 3.56. The normalized spacial score (nSPS) is 10.7. The first-order chi connectivity index (χ1) is 7.50. The number of aromatic nitrogens is 2. The van der Waals surface area contributed by atoms with Gasteiger partial charge in [0, 0.05) is 6.07 Å². The predicted octanol–water partition coefficient (Wildman–Crippen LogP) is 1.80. The van der Waals surface area contributed by atoms with E-state index in [4.69, 9.17) is 0 Å². The van der Waals surface area contributed by atoms with Crippen LogP contribution in [-0.2, 0) is 0 Å². The average Bonchev–Trinajstić information content (AvgIpc) is 2.47. The van der Waals surface area contributed by atoms with Crippen LogP contribution in [-0.4, -0.2) is 14.7 Å². The first-order valence-corrected chi connectivity index (χ1v) is 5.09. The van der Waals surface area contributed by atoms with E-state index >= 15 is 0 Å². The van der Waals surface area contributed by atoms with Gasteiger partial charge in [0.2, 0.25) is 0 Å². The van der Waals surface area contributed by atoms with Gasteiger partial charge in [0.25, 0.3) is 5.56 Å². The maximum absolute atomic E-state index is 11.6. The van der Waals surface area contributed by atoms with Crippen LogP contribution < -0.4 is 5.56 Å². The monoisotopic (exact) mass is 218 g/mol. The highest BCUT2D eigenvalue weighted by Crippen LogP contribution is 2.12. The molecule has 0 unspecified atom stereocenters. The van der Waals surface area contributed by atoms with E-state index in [1.165, 1.54) is 10.7 Å². The quantitative estimate of drug-likeness (QED) is 0.742. The number of aryl methyl sites for hydroxylation is 3. The van der Waals surface area contributed by atoms with Crippen LogP contribution in [0.15, 0.2) is 29.1 Å². The highest BCUT2D eigenvalue weighted by Gasteiger charge is 2.09. The maximum atomic E-state index is 11.6. The van der Waals surface area contributed by atoms with E-state index < -0.39 is 0 Å². The summed E-state index contributed by atoms with van der Waals surface area (Å²) >= 11 is 0. The third kappa shape index (κ3) is 1.52. The third-order valence-corrected chi connectivity index (χ3v) is 2.78. The molecule has 4 heteroatoms. The Bertz CT molecular complexity index is 594. The molecule has 0 saturated heterocycles. The second-order valence-corrected chi connectivity index (χ2v) is 3.99. The van der Waals surface area contributed by atoms with Gasteiger partial charge in [-0.1, -0.05) is 6.07 Å². The SMILES string of the molecule is Cc1ccc(-n2c(=O)cc(C)n2O)cc1C. The first-order valence-electron chi connectivity index (χ1n) is 5.09. The average molecular weight is 218 g/mol. The van der Waals surface area contributed by atoms with E-state index in [1.807, 2.05) is 32.0 Å². The molecule has 0 radical (unpaired) electrons. The van der Waals surface area contributed by atoms with Crippen molar-refractivity contribution in [2.75, 3.05) is 0 Å². The zero-order valence-corrected chi connectivity index (χ0v) is 9.56. The summed E-state index contributed by atoms with van der Waals surface area (Å²) in [5.74, 6) is 0. The van der Waals surface area contributed by atoms with Crippen LogP contribution in [0, 0.1) is 20.8 Å². The van der Waals surface area contributed by atoms with Gasteiger partial charge in [0.15, 0.2) is 0 Å². The molecule has 0 aliphatic carbocycles. The van der Waals surface area contributed by atoms with Crippen molar-refractivity contribution in [3.8, 4) is 5.69 Å². The van der Waals surface area contributed by atoms with Crippen LogP contribution in [0.25, 0.3) is 5.69 Å². The molecular formula is C12H14N2O2. The fraction of sp³-hybridized carbons (Fsp3) is 0.250. The van der Waals surface area contributed by atoms with Gasteiger partial charge in [-0.15, -0.1) is 4.85 Å². The largest absolute Gasteiger partial charge is 0.412 e. The summed E-state index contributed by atoms with van der Waals surface area (Å²) in [5.41, 5.74) is 3.20. The van der Waals surface area contributed by atoms with E-state index in [0.29, 0.717) is 11.4 Å². The van der Waals surface area contributed by atoms with Gasteiger partial charge < -0.3 is 5.21 Å². The number of hydrogen-bond donors (Lipinski definition) is 1. The molecule has 0 aliphatic heterocycles. The van der Waals surface area contributed by atoms with Crippen molar-refractivity contribution < 1.29 is 5.21 Å². The van der Waals surface area contributed by atoms with Crippen molar-refractivity contribution in [3.05, 3.63) is 51.4 Å². The van der Waals surface area contributed by atoms with Crippen molar-refractivity contribution >= 4 is 0 Å². The molecule has 16 heavy (non-hydrogen) atoms. The molecule has 2 aromatic rings. The lowest BCUT2D eigenvalue weighted by atomic mass is 10.1. The second-order valence-electron chi connectivity index (χ2n) is 3.99. The Morgan fingerprint density at radius 2 is 1.75 bits per heavy atom. The van der Waals surface area contributed by atoms with Gasteiger partial charge in [-0.25, -0.2) is 0 Å². The van der Waals surface area contributed by atoms with Crippen molar-refractivity contribution in [2.24, 2.45) is 0 Å². The minimum absolute atomic E-state index is 0.233. The van der Waals surface area contributed by atoms with E-state index in [9.17, 15) is 10.0 Å². The number of benzene rings is 1. The Balaban J connectivity index is 2.68. The van der Waals surface area contributed by atoms with E-state index in [1.54, 1.807) is 6.92 Å². The molecule has 84 valence electrons.